The summed E-state index contributed by atoms with van der Waals surface area (Å²) in [5.41, 5.74) is 3.18. The third-order valence-electron chi connectivity index (χ3n) is 8.57. The Bertz CT molecular complexity index is 1190. The first-order valence-corrected chi connectivity index (χ1v) is 14.7. The fraction of sp³-hybridized carbons (Fsp3) is 0.552. The molecule has 3 fully saturated rings. The van der Waals surface area contributed by atoms with E-state index in [1.165, 1.54) is 16.9 Å². The highest BCUT2D eigenvalue weighted by atomic mass is 32.1. The normalized spacial score (nSPS) is 21.8. The van der Waals surface area contributed by atoms with E-state index < -0.39 is 0 Å². The molecule has 0 unspecified atom stereocenters. The molecule has 0 bridgehead atoms. The number of likely N-dealkylation sites (tertiary alicyclic amines) is 1. The number of aryl methyl sites for hydroxylation is 1. The van der Waals surface area contributed by atoms with Gasteiger partial charge in [0.2, 0.25) is 11.8 Å². The topological polar surface area (TPSA) is 68.2 Å². The number of piperazine rings is 1. The Morgan fingerprint density at radius 1 is 0.973 bits per heavy atom. The van der Waals surface area contributed by atoms with Crippen LogP contribution in [-0.4, -0.2) is 71.6 Å². The number of imide groups is 1. The van der Waals surface area contributed by atoms with Crippen LogP contribution in [0, 0.1) is 12.3 Å². The monoisotopic (exact) mass is 519 g/mol. The van der Waals surface area contributed by atoms with Crippen LogP contribution in [0.5, 0.6) is 0 Å². The van der Waals surface area contributed by atoms with Crippen LogP contribution in [0.1, 0.15) is 61.8 Å². The lowest BCUT2D eigenvalue weighted by molar-refractivity contribution is -0.154. The highest BCUT2D eigenvalue weighted by Crippen LogP contribution is 2.45. The number of hydrogen-bond donors (Lipinski definition) is 1. The van der Waals surface area contributed by atoms with E-state index in [-0.39, 0.29) is 17.2 Å². The number of thiophene rings is 1. The van der Waals surface area contributed by atoms with Gasteiger partial charge in [-0.15, -0.1) is 11.3 Å². The van der Waals surface area contributed by atoms with E-state index in [0.717, 1.165) is 87.0 Å². The van der Waals surface area contributed by atoms with Gasteiger partial charge in [-0.05, 0) is 56.3 Å². The number of nitrogens with zero attached hydrogens (tertiary/aromatic N) is 4. The zero-order valence-electron chi connectivity index (χ0n) is 21.8. The van der Waals surface area contributed by atoms with Gasteiger partial charge in [-0.2, -0.15) is 0 Å². The summed E-state index contributed by atoms with van der Waals surface area (Å²) in [6.07, 6.45) is 7.64. The zero-order valence-corrected chi connectivity index (χ0v) is 22.6. The summed E-state index contributed by atoms with van der Waals surface area (Å²) in [6.45, 7) is 7.36. The molecule has 1 N–H and O–H groups in total. The zero-order chi connectivity index (χ0) is 25.4. The number of piperidine rings is 1. The molecule has 4 aliphatic rings. The van der Waals surface area contributed by atoms with E-state index in [1.54, 1.807) is 16.2 Å². The Morgan fingerprint density at radius 2 is 1.70 bits per heavy atom. The Hall–Kier alpha value is -2.71. The number of anilines is 2. The molecule has 1 spiro atoms. The van der Waals surface area contributed by atoms with Gasteiger partial charge in [0.15, 0.2) is 0 Å². The predicted molar refractivity (Wildman–Crippen MR) is 149 cm³/mol. The van der Waals surface area contributed by atoms with Crippen LogP contribution < -0.4 is 5.32 Å². The predicted octanol–water partition coefficient (Wildman–Crippen LogP) is 5.30. The molecule has 1 aliphatic carbocycles. The average Bonchev–Trinajstić information content (AvgIpc) is 3.18. The Balaban J connectivity index is 1.04. The van der Waals surface area contributed by atoms with Crippen LogP contribution >= 0.6 is 11.3 Å². The van der Waals surface area contributed by atoms with E-state index in [2.05, 4.69) is 40.2 Å². The molecule has 196 valence electrons. The van der Waals surface area contributed by atoms with Crippen LogP contribution in [0.2, 0.25) is 0 Å². The molecular formula is C29H37N5O2S. The average molecular weight is 520 g/mol. The van der Waals surface area contributed by atoms with Crippen molar-refractivity contribution >= 4 is 45.4 Å². The van der Waals surface area contributed by atoms with Crippen LogP contribution in [0.3, 0.4) is 0 Å². The SMILES string of the molecule is Cc1cc2c(s1)Nc1ccccc1N=C2N1CCN(CCCN2C(=O)CC3(CCCCC3)CC2=O)CC1. The highest BCUT2D eigenvalue weighted by Gasteiger charge is 2.43. The van der Waals surface area contributed by atoms with Gasteiger partial charge in [-0.25, -0.2) is 4.99 Å². The van der Waals surface area contributed by atoms with E-state index in [0.29, 0.717) is 19.4 Å². The first-order valence-electron chi connectivity index (χ1n) is 13.9. The lowest BCUT2D eigenvalue weighted by Gasteiger charge is -2.42. The number of nitrogens with one attached hydrogen (secondary N) is 1. The Labute approximate surface area is 223 Å². The second kappa shape index (κ2) is 10.2. The van der Waals surface area contributed by atoms with Gasteiger partial charge in [-0.3, -0.25) is 19.4 Å². The van der Waals surface area contributed by atoms with Gasteiger partial charge in [-0.1, -0.05) is 31.4 Å². The van der Waals surface area contributed by atoms with Crippen molar-refractivity contribution in [3.05, 3.63) is 40.8 Å². The van der Waals surface area contributed by atoms with Crippen molar-refractivity contribution in [3.63, 3.8) is 0 Å². The summed E-state index contributed by atoms with van der Waals surface area (Å²) in [7, 11) is 0. The van der Waals surface area contributed by atoms with Crippen molar-refractivity contribution in [1.29, 1.82) is 0 Å². The van der Waals surface area contributed by atoms with Gasteiger partial charge in [0.1, 0.15) is 10.8 Å². The molecule has 37 heavy (non-hydrogen) atoms. The third kappa shape index (κ3) is 5.06. The van der Waals surface area contributed by atoms with Crippen LogP contribution in [0.4, 0.5) is 16.4 Å². The second-order valence-corrected chi connectivity index (χ2v) is 12.5. The summed E-state index contributed by atoms with van der Waals surface area (Å²) < 4.78 is 0. The standard InChI is InChI=1S/C29H37N5O2S/c1-21-18-22-27(30-23-8-3-4-9-24(23)31-28(22)37-21)33-16-14-32(15-17-33)12-7-13-34-25(35)19-29(20-26(34)36)10-5-2-6-11-29/h3-4,8-9,18,31H,2,5-7,10-17,19-20H2,1H3. The number of benzene rings is 1. The largest absolute Gasteiger partial charge is 0.353 e. The summed E-state index contributed by atoms with van der Waals surface area (Å²) in [5.74, 6) is 1.17. The minimum atomic E-state index is -0.0309. The first-order chi connectivity index (χ1) is 18.0. The molecule has 2 amide bonds. The van der Waals surface area contributed by atoms with E-state index in [9.17, 15) is 9.59 Å². The van der Waals surface area contributed by atoms with Crippen LogP contribution in [0.25, 0.3) is 0 Å². The maximum atomic E-state index is 12.9. The van der Waals surface area contributed by atoms with Crippen molar-refractivity contribution in [2.45, 2.75) is 58.3 Å². The molecule has 4 heterocycles. The molecular weight excluding hydrogens is 482 g/mol. The van der Waals surface area contributed by atoms with Gasteiger partial charge in [0.05, 0.1) is 16.9 Å². The van der Waals surface area contributed by atoms with Crippen molar-refractivity contribution in [1.82, 2.24) is 14.7 Å². The second-order valence-electron chi connectivity index (χ2n) is 11.2. The van der Waals surface area contributed by atoms with E-state index in [1.807, 2.05) is 12.1 Å². The van der Waals surface area contributed by atoms with Crippen molar-refractivity contribution < 1.29 is 9.59 Å². The molecule has 0 atom stereocenters. The minimum absolute atomic E-state index is 0.0309. The summed E-state index contributed by atoms with van der Waals surface area (Å²) in [6, 6.07) is 10.5. The molecule has 2 aromatic rings. The molecule has 1 aromatic heterocycles. The van der Waals surface area contributed by atoms with Crippen molar-refractivity contribution in [2.75, 3.05) is 44.6 Å². The number of amidine groups is 1. The number of fused-ring (bicyclic) bond motifs is 2. The Morgan fingerprint density at radius 3 is 2.46 bits per heavy atom. The molecule has 1 saturated carbocycles. The lowest BCUT2D eigenvalue weighted by atomic mass is 9.67. The fourth-order valence-electron chi connectivity index (χ4n) is 6.56. The van der Waals surface area contributed by atoms with Crippen LogP contribution in [0.15, 0.2) is 35.3 Å². The molecule has 1 aromatic carbocycles. The summed E-state index contributed by atoms with van der Waals surface area (Å²) in [5, 5.41) is 4.76. The number of aliphatic imine (C=N–C) groups is 1. The van der Waals surface area contributed by atoms with Crippen LogP contribution in [-0.2, 0) is 9.59 Å². The van der Waals surface area contributed by atoms with Gasteiger partial charge >= 0.3 is 0 Å². The first kappa shape index (κ1) is 24.6. The number of carbonyl (C=O) groups is 2. The molecule has 7 nitrogen and oxygen atoms in total. The van der Waals surface area contributed by atoms with Crippen molar-refractivity contribution in [2.24, 2.45) is 10.4 Å². The number of para-hydroxylation sites is 2. The number of amides is 2. The molecule has 8 heteroatoms. The van der Waals surface area contributed by atoms with E-state index >= 15 is 0 Å². The number of hydrogen-bond acceptors (Lipinski definition) is 7. The third-order valence-corrected chi connectivity index (χ3v) is 9.54. The van der Waals surface area contributed by atoms with Gasteiger partial charge in [0.25, 0.3) is 0 Å². The molecule has 2 saturated heterocycles. The number of rotatable bonds is 4. The Kier molecular flexibility index (Phi) is 6.80. The quantitative estimate of drug-likeness (QED) is 0.556. The maximum absolute atomic E-state index is 12.9. The smallest absolute Gasteiger partial charge is 0.229 e. The molecule has 0 radical (unpaired) electrons. The minimum Gasteiger partial charge on any atom is -0.353 e. The van der Waals surface area contributed by atoms with E-state index in [4.69, 9.17) is 4.99 Å². The fourth-order valence-corrected chi connectivity index (χ4v) is 7.48. The summed E-state index contributed by atoms with van der Waals surface area (Å²) in [4.78, 5) is 38.5. The molecule has 3 aliphatic heterocycles. The van der Waals surface area contributed by atoms with Gasteiger partial charge in [0, 0.05) is 50.4 Å². The van der Waals surface area contributed by atoms with Crippen molar-refractivity contribution in [3.8, 4) is 0 Å². The molecule has 6 rings (SSSR count). The highest BCUT2D eigenvalue weighted by molar-refractivity contribution is 7.16. The van der Waals surface area contributed by atoms with Gasteiger partial charge < -0.3 is 10.2 Å². The maximum Gasteiger partial charge on any atom is 0.229 e. The summed E-state index contributed by atoms with van der Waals surface area (Å²) >= 11 is 1.78. The number of carbonyl (C=O) groups excluding carboxylic acids is 2. The lowest BCUT2D eigenvalue weighted by Crippen LogP contribution is -2.51.